The van der Waals surface area contributed by atoms with Crippen LogP contribution in [0.5, 0.6) is 0 Å². The third-order valence-corrected chi connectivity index (χ3v) is 4.80. The predicted octanol–water partition coefficient (Wildman–Crippen LogP) is 4.45. The Morgan fingerprint density at radius 1 is 1.04 bits per heavy atom. The van der Waals surface area contributed by atoms with Crippen molar-refractivity contribution in [3.8, 4) is 5.69 Å². The molecular formula is C23H21N3O. The summed E-state index contributed by atoms with van der Waals surface area (Å²) in [7, 11) is 0. The van der Waals surface area contributed by atoms with Crippen molar-refractivity contribution in [2.75, 3.05) is 0 Å². The molecule has 4 aromatic rings. The minimum atomic E-state index is -0.0516. The van der Waals surface area contributed by atoms with Crippen LogP contribution < -0.4 is 5.32 Å². The fourth-order valence-electron chi connectivity index (χ4n) is 3.34. The molecule has 1 atom stereocenters. The average Bonchev–Trinajstić information content (AvgIpc) is 3.23. The first-order chi connectivity index (χ1) is 13.2. The summed E-state index contributed by atoms with van der Waals surface area (Å²) >= 11 is 0. The number of aromatic nitrogens is 2. The number of imidazole rings is 1. The maximum absolute atomic E-state index is 12.6. The second kappa shape index (κ2) is 7.46. The van der Waals surface area contributed by atoms with Crippen LogP contribution in [0.3, 0.4) is 0 Å². The SMILES string of the molecule is CC(NC(=O)Cc1cccc2ccccc12)c1ccc(-n2ccnc2)cc1. The number of carbonyl (C=O) groups is 1. The third-order valence-electron chi connectivity index (χ3n) is 4.80. The summed E-state index contributed by atoms with van der Waals surface area (Å²) < 4.78 is 1.95. The summed E-state index contributed by atoms with van der Waals surface area (Å²) in [6.07, 6.45) is 5.80. The Balaban J connectivity index is 1.44. The number of amides is 1. The molecule has 1 N–H and O–H groups in total. The van der Waals surface area contributed by atoms with Gasteiger partial charge in [0, 0.05) is 18.1 Å². The van der Waals surface area contributed by atoms with E-state index in [2.05, 4.69) is 28.5 Å². The molecule has 4 heteroatoms. The molecule has 0 bridgehead atoms. The van der Waals surface area contributed by atoms with Gasteiger partial charge in [0.1, 0.15) is 0 Å². The van der Waals surface area contributed by atoms with Crippen molar-refractivity contribution < 1.29 is 4.79 Å². The van der Waals surface area contributed by atoms with Gasteiger partial charge in [0.15, 0.2) is 0 Å². The number of fused-ring (bicyclic) bond motifs is 1. The summed E-state index contributed by atoms with van der Waals surface area (Å²) in [6.45, 7) is 2.01. The Morgan fingerprint density at radius 2 is 1.81 bits per heavy atom. The molecule has 134 valence electrons. The van der Waals surface area contributed by atoms with Crippen LogP contribution in [0.1, 0.15) is 24.1 Å². The van der Waals surface area contributed by atoms with Crippen molar-refractivity contribution in [2.24, 2.45) is 0 Å². The summed E-state index contributed by atoms with van der Waals surface area (Å²) in [5.74, 6) is 0.0255. The molecule has 0 aliphatic heterocycles. The second-order valence-corrected chi connectivity index (χ2v) is 6.67. The van der Waals surface area contributed by atoms with E-state index in [-0.39, 0.29) is 11.9 Å². The molecule has 3 aromatic carbocycles. The number of rotatable bonds is 5. The summed E-state index contributed by atoms with van der Waals surface area (Å²) in [5, 5.41) is 5.40. The molecule has 1 unspecified atom stereocenters. The summed E-state index contributed by atoms with van der Waals surface area (Å²) in [4.78, 5) is 16.6. The molecule has 0 saturated carbocycles. The van der Waals surface area contributed by atoms with E-state index in [1.165, 1.54) is 0 Å². The monoisotopic (exact) mass is 355 g/mol. The van der Waals surface area contributed by atoms with Crippen LogP contribution in [0, 0.1) is 0 Å². The normalized spacial score (nSPS) is 12.0. The predicted molar refractivity (Wildman–Crippen MR) is 108 cm³/mol. The highest BCUT2D eigenvalue weighted by Gasteiger charge is 2.12. The standard InChI is InChI=1S/C23H21N3O/c1-17(18-9-11-21(12-10-18)26-14-13-24-16-26)25-23(27)15-20-7-4-6-19-5-2-3-8-22(19)20/h2-14,16-17H,15H2,1H3,(H,25,27). The van der Waals surface area contributed by atoms with Crippen LogP contribution in [0.25, 0.3) is 16.5 Å². The van der Waals surface area contributed by atoms with E-state index in [9.17, 15) is 4.79 Å². The minimum absolute atomic E-state index is 0.0255. The van der Waals surface area contributed by atoms with Gasteiger partial charge in [-0.1, -0.05) is 54.6 Å². The van der Waals surface area contributed by atoms with Crippen LogP contribution in [0.2, 0.25) is 0 Å². The van der Waals surface area contributed by atoms with Gasteiger partial charge in [-0.15, -0.1) is 0 Å². The molecule has 1 heterocycles. The van der Waals surface area contributed by atoms with Gasteiger partial charge in [-0.3, -0.25) is 4.79 Å². The lowest BCUT2D eigenvalue weighted by Crippen LogP contribution is -2.28. The topological polar surface area (TPSA) is 46.9 Å². The van der Waals surface area contributed by atoms with Gasteiger partial charge in [0.25, 0.3) is 0 Å². The minimum Gasteiger partial charge on any atom is -0.349 e. The number of carbonyl (C=O) groups excluding carboxylic acids is 1. The van der Waals surface area contributed by atoms with Crippen molar-refractivity contribution >= 4 is 16.7 Å². The van der Waals surface area contributed by atoms with Crippen LogP contribution >= 0.6 is 0 Å². The highest BCUT2D eigenvalue weighted by molar-refractivity contribution is 5.90. The first-order valence-corrected chi connectivity index (χ1v) is 9.05. The van der Waals surface area contributed by atoms with Crippen molar-refractivity contribution in [3.05, 3.63) is 96.6 Å². The number of benzene rings is 3. The Labute approximate surface area is 158 Å². The van der Waals surface area contributed by atoms with Crippen LogP contribution in [0.15, 0.2) is 85.5 Å². The lowest BCUT2D eigenvalue weighted by Gasteiger charge is -2.15. The molecule has 0 fully saturated rings. The summed E-state index contributed by atoms with van der Waals surface area (Å²) in [5.41, 5.74) is 3.17. The average molecular weight is 355 g/mol. The quantitative estimate of drug-likeness (QED) is 0.575. The number of hydrogen-bond acceptors (Lipinski definition) is 2. The lowest BCUT2D eigenvalue weighted by atomic mass is 10.0. The maximum atomic E-state index is 12.6. The first kappa shape index (κ1) is 17.0. The zero-order valence-corrected chi connectivity index (χ0v) is 15.2. The fraction of sp³-hybridized carbons (Fsp3) is 0.130. The van der Waals surface area contributed by atoms with Gasteiger partial charge >= 0.3 is 0 Å². The molecule has 27 heavy (non-hydrogen) atoms. The number of nitrogens with one attached hydrogen (secondary N) is 1. The lowest BCUT2D eigenvalue weighted by molar-refractivity contribution is -0.121. The molecule has 1 aromatic heterocycles. The van der Waals surface area contributed by atoms with Gasteiger partial charge in [-0.25, -0.2) is 4.98 Å². The van der Waals surface area contributed by atoms with Crippen molar-refractivity contribution in [1.82, 2.24) is 14.9 Å². The largest absolute Gasteiger partial charge is 0.349 e. The number of nitrogens with zero attached hydrogens (tertiary/aromatic N) is 2. The zero-order valence-electron chi connectivity index (χ0n) is 15.2. The molecular weight excluding hydrogens is 334 g/mol. The van der Waals surface area contributed by atoms with Crippen LogP contribution in [-0.2, 0) is 11.2 Å². The van der Waals surface area contributed by atoms with E-state index in [1.54, 1.807) is 12.5 Å². The molecule has 0 saturated heterocycles. The molecule has 0 spiro atoms. The molecule has 1 amide bonds. The van der Waals surface area contributed by atoms with Crippen molar-refractivity contribution in [3.63, 3.8) is 0 Å². The van der Waals surface area contributed by atoms with Gasteiger partial charge in [0.05, 0.1) is 18.8 Å². The van der Waals surface area contributed by atoms with Crippen molar-refractivity contribution in [2.45, 2.75) is 19.4 Å². The maximum Gasteiger partial charge on any atom is 0.224 e. The first-order valence-electron chi connectivity index (χ1n) is 9.05. The Hall–Kier alpha value is -3.40. The molecule has 0 aliphatic carbocycles. The molecule has 4 rings (SSSR count). The molecule has 4 nitrogen and oxygen atoms in total. The van der Waals surface area contributed by atoms with Crippen LogP contribution in [0.4, 0.5) is 0 Å². The van der Waals surface area contributed by atoms with E-state index in [0.29, 0.717) is 6.42 Å². The fourth-order valence-corrected chi connectivity index (χ4v) is 3.34. The number of hydrogen-bond donors (Lipinski definition) is 1. The van der Waals surface area contributed by atoms with E-state index >= 15 is 0 Å². The highest BCUT2D eigenvalue weighted by atomic mass is 16.1. The van der Waals surface area contributed by atoms with E-state index in [0.717, 1.165) is 27.6 Å². The third kappa shape index (κ3) is 3.75. The van der Waals surface area contributed by atoms with E-state index in [1.807, 2.05) is 66.2 Å². The Bertz CT molecular complexity index is 1050. The zero-order chi connectivity index (χ0) is 18.6. The second-order valence-electron chi connectivity index (χ2n) is 6.67. The van der Waals surface area contributed by atoms with Gasteiger partial charge in [0.2, 0.25) is 5.91 Å². The van der Waals surface area contributed by atoms with E-state index < -0.39 is 0 Å². The Morgan fingerprint density at radius 3 is 2.59 bits per heavy atom. The van der Waals surface area contributed by atoms with Gasteiger partial charge in [-0.2, -0.15) is 0 Å². The van der Waals surface area contributed by atoms with E-state index in [4.69, 9.17) is 0 Å². The van der Waals surface area contributed by atoms with Gasteiger partial charge in [-0.05, 0) is 41.0 Å². The highest BCUT2D eigenvalue weighted by Crippen LogP contribution is 2.20. The molecule has 0 radical (unpaired) electrons. The molecule has 0 aliphatic rings. The Kier molecular flexibility index (Phi) is 4.71. The van der Waals surface area contributed by atoms with Crippen LogP contribution in [-0.4, -0.2) is 15.5 Å². The van der Waals surface area contributed by atoms with Gasteiger partial charge < -0.3 is 9.88 Å². The van der Waals surface area contributed by atoms with Crippen molar-refractivity contribution in [1.29, 1.82) is 0 Å². The summed E-state index contributed by atoms with van der Waals surface area (Å²) in [6, 6.07) is 22.3. The smallest absolute Gasteiger partial charge is 0.224 e.